The highest BCUT2D eigenvalue weighted by atomic mass is 35.5. The van der Waals surface area contributed by atoms with Crippen LogP contribution in [0.3, 0.4) is 0 Å². The van der Waals surface area contributed by atoms with Gasteiger partial charge >= 0.3 is 0 Å². The van der Waals surface area contributed by atoms with Gasteiger partial charge < -0.3 is 4.42 Å². The lowest BCUT2D eigenvalue weighted by atomic mass is 10.1. The summed E-state index contributed by atoms with van der Waals surface area (Å²) in [5, 5.41) is 14.1. The lowest BCUT2D eigenvalue weighted by Gasteiger charge is -2.03. The lowest BCUT2D eigenvalue weighted by molar-refractivity contribution is -0.112. The van der Waals surface area contributed by atoms with Gasteiger partial charge in [0.15, 0.2) is 5.13 Å². The van der Waals surface area contributed by atoms with Crippen molar-refractivity contribution in [2.24, 2.45) is 0 Å². The Bertz CT molecular complexity index is 1380. The summed E-state index contributed by atoms with van der Waals surface area (Å²) in [4.78, 5) is 17.7. The summed E-state index contributed by atoms with van der Waals surface area (Å²) in [5.74, 6) is 0.394. The van der Waals surface area contributed by atoms with Crippen molar-refractivity contribution in [2.75, 3.05) is 5.32 Å². The molecular formula is C24H14Cl3N3O2S. The summed E-state index contributed by atoms with van der Waals surface area (Å²) in [6.45, 7) is 0. The van der Waals surface area contributed by atoms with Gasteiger partial charge in [-0.1, -0.05) is 46.9 Å². The third kappa shape index (κ3) is 5.65. The Kier molecular flexibility index (Phi) is 7.17. The van der Waals surface area contributed by atoms with Gasteiger partial charge in [-0.2, -0.15) is 5.26 Å². The smallest absolute Gasteiger partial charge is 0.268 e. The molecule has 164 valence electrons. The molecule has 0 atom stereocenters. The molecule has 0 aliphatic heterocycles. The number of hydrogen-bond acceptors (Lipinski definition) is 5. The average Bonchev–Trinajstić information content (AvgIpc) is 3.45. The zero-order valence-corrected chi connectivity index (χ0v) is 19.9. The van der Waals surface area contributed by atoms with Crippen molar-refractivity contribution in [3.05, 3.63) is 97.6 Å². The third-order valence-electron chi connectivity index (χ3n) is 4.58. The van der Waals surface area contributed by atoms with Gasteiger partial charge in [0.1, 0.15) is 23.2 Å². The van der Waals surface area contributed by atoms with Gasteiger partial charge in [-0.15, -0.1) is 11.3 Å². The number of amides is 1. The number of carbonyl (C=O) groups is 1. The average molecular weight is 515 g/mol. The number of nitrogens with zero attached hydrogens (tertiary/aromatic N) is 2. The number of thiazole rings is 1. The van der Waals surface area contributed by atoms with Gasteiger partial charge in [0.25, 0.3) is 5.91 Å². The number of aromatic nitrogens is 1. The molecule has 2 heterocycles. The van der Waals surface area contributed by atoms with Crippen molar-refractivity contribution in [1.29, 1.82) is 5.26 Å². The lowest BCUT2D eigenvalue weighted by Crippen LogP contribution is -2.13. The van der Waals surface area contributed by atoms with Crippen molar-refractivity contribution in [1.82, 2.24) is 4.98 Å². The highest BCUT2D eigenvalue weighted by Crippen LogP contribution is 2.30. The highest BCUT2D eigenvalue weighted by molar-refractivity contribution is 7.15. The molecule has 2 aromatic heterocycles. The van der Waals surface area contributed by atoms with E-state index in [1.54, 1.807) is 36.5 Å². The zero-order valence-electron chi connectivity index (χ0n) is 16.8. The van der Waals surface area contributed by atoms with Gasteiger partial charge in [-0.25, -0.2) is 4.98 Å². The predicted molar refractivity (Wildman–Crippen MR) is 133 cm³/mol. The molecule has 1 amide bonds. The van der Waals surface area contributed by atoms with Crippen molar-refractivity contribution >= 4 is 63.3 Å². The molecule has 0 bridgehead atoms. The number of nitriles is 1. The van der Waals surface area contributed by atoms with Crippen molar-refractivity contribution in [3.8, 4) is 17.4 Å². The first-order chi connectivity index (χ1) is 15.9. The largest absolute Gasteiger partial charge is 0.457 e. The maximum absolute atomic E-state index is 12.6. The topological polar surface area (TPSA) is 78.9 Å². The Balaban J connectivity index is 1.45. The van der Waals surface area contributed by atoms with E-state index in [2.05, 4.69) is 10.3 Å². The van der Waals surface area contributed by atoms with Crippen LogP contribution in [0.5, 0.6) is 0 Å². The number of rotatable bonds is 6. The first-order valence-corrected chi connectivity index (χ1v) is 11.5. The standard InChI is InChI=1S/C24H14Cl3N3O2S/c25-17-6-4-14(5-7-17)21-9-8-18(32-21)10-16(12-28)23(31)30-24-29-13-19(33-24)11-15-2-1-3-20(26)22(15)27/h1-10,13H,11H2,(H,29,30,31)/b16-10+. The molecule has 0 saturated heterocycles. The van der Waals surface area contributed by atoms with Crippen LogP contribution in [0.15, 0.2) is 70.8 Å². The zero-order chi connectivity index (χ0) is 23.4. The number of furan rings is 1. The molecule has 33 heavy (non-hydrogen) atoms. The Labute approximate surface area is 208 Å². The molecule has 0 radical (unpaired) electrons. The number of nitrogens with one attached hydrogen (secondary N) is 1. The fourth-order valence-corrected chi connectivity index (χ4v) is 4.32. The van der Waals surface area contributed by atoms with E-state index < -0.39 is 5.91 Å². The van der Waals surface area contributed by atoms with Crippen LogP contribution in [0.2, 0.25) is 15.1 Å². The van der Waals surface area contributed by atoms with Crippen molar-refractivity contribution < 1.29 is 9.21 Å². The Morgan fingerprint density at radius 2 is 1.91 bits per heavy atom. The third-order valence-corrected chi connectivity index (χ3v) is 6.60. The summed E-state index contributed by atoms with van der Waals surface area (Å²) in [6.07, 6.45) is 3.56. The quantitative estimate of drug-likeness (QED) is 0.213. The van der Waals surface area contributed by atoms with E-state index in [0.717, 1.165) is 16.0 Å². The first kappa shape index (κ1) is 23.1. The molecule has 1 N–H and O–H groups in total. The molecule has 0 saturated carbocycles. The predicted octanol–water partition coefficient (Wildman–Crippen LogP) is 7.50. The minimum Gasteiger partial charge on any atom is -0.457 e. The van der Waals surface area contributed by atoms with Crippen LogP contribution in [-0.4, -0.2) is 10.9 Å². The minimum atomic E-state index is -0.580. The van der Waals surface area contributed by atoms with Gasteiger partial charge in [-0.3, -0.25) is 10.1 Å². The highest BCUT2D eigenvalue weighted by Gasteiger charge is 2.14. The molecule has 5 nitrogen and oxygen atoms in total. The maximum atomic E-state index is 12.6. The Hall–Kier alpha value is -3.08. The molecule has 0 spiro atoms. The molecule has 0 aliphatic carbocycles. The van der Waals surface area contributed by atoms with Crippen molar-refractivity contribution in [2.45, 2.75) is 6.42 Å². The van der Waals surface area contributed by atoms with Gasteiger partial charge in [0.2, 0.25) is 0 Å². The molecule has 0 unspecified atom stereocenters. The first-order valence-electron chi connectivity index (χ1n) is 9.59. The van der Waals surface area contributed by atoms with Gasteiger partial charge in [-0.05, 0) is 48.0 Å². The second kappa shape index (κ2) is 10.2. The number of hydrogen-bond donors (Lipinski definition) is 1. The van der Waals surface area contributed by atoms with Gasteiger partial charge in [0, 0.05) is 34.2 Å². The van der Waals surface area contributed by atoms with E-state index in [1.165, 1.54) is 17.4 Å². The van der Waals surface area contributed by atoms with E-state index in [4.69, 9.17) is 39.2 Å². The van der Waals surface area contributed by atoms with E-state index in [1.807, 2.05) is 30.3 Å². The molecule has 4 aromatic rings. The van der Waals surface area contributed by atoms with Crippen LogP contribution in [-0.2, 0) is 11.2 Å². The van der Waals surface area contributed by atoms with Crippen LogP contribution >= 0.6 is 46.1 Å². The van der Waals surface area contributed by atoms with E-state index in [9.17, 15) is 10.1 Å². The maximum Gasteiger partial charge on any atom is 0.268 e. The van der Waals surface area contributed by atoms with E-state index in [0.29, 0.717) is 38.1 Å². The number of carbonyl (C=O) groups excluding carboxylic acids is 1. The van der Waals surface area contributed by atoms with Crippen LogP contribution in [0, 0.1) is 11.3 Å². The second-order valence-electron chi connectivity index (χ2n) is 6.85. The van der Waals surface area contributed by atoms with Crippen LogP contribution in [0.1, 0.15) is 16.2 Å². The summed E-state index contributed by atoms with van der Waals surface area (Å²) >= 11 is 19.5. The normalized spacial score (nSPS) is 11.3. The SMILES string of the molecule is N#C/C(=C\c1ccc(-c2ccc(Cl)cc2)o1)C(=O)Nc1ncc(Cc2cccc(Cl)c2Cl)s1. The number of anilines is 1. The Morgan fingerprint density at radius 3 is 2.67 bits per heavy atom. The number of halogens is 3. The van der Waals surface area contributed by atoms with Crippen LogP contribution < -0.4 is 5.32 Å². The van der Waals surface area contributed by atoms with E-state index in [-0.39, 0.29) is 5.57 Å². The molecule has 9 heteroatoms. The fraction of sp³-hybridized carbons (Fsp3) is 0.0417. The summed E-state index contributed by atoms with van der Waals surface area (Å²) in [5.41, 5.74) is 1.58. The number of benzene rings is 2. The fourth-order valence-electron chi connectivity index (χ4n) is 2.97. The molecule has 0 fully saturated rings. The van der Waals surface area contributed by atoms with Crippen LogP contribution in [0.25, 0.3) is 17.4 Å². The molecule has 4 rings (SSSR count). The van der Waals surface area contributed by atoms with E-state index >= 15 is 0 Å². The summed E-state index contributed by atoms with van der Waals surface area (Å²) in [7, 11) is 0. The van der Waals surface area contributed by atoms with Crippen LogP contribution in [0.4, 0.5) is 5.13 Å². The minimum absolute atomic E-state index is 0.110. The Morgan fingerprint density at radius 1 is 1.12 bits per heavy atom. The van der Waals surface area contributed by atoms with Gasteiger partial charge in [0.05, 0.1) is 10.0 Å². The second-order valence-corrected chi connectivity index (χ2v) is 9.19. The molecule has 2 aromatic carbocycles. The molecular weight excluding hydrogens is 501 g/mol. The summed E-state index contributed by atoms with van der Waals surface area (Å²) in [6, 6.07) is 17.9. The van der Waals surface area contributed by atoms with Crippen molar-refractivity contribution in [3.63, 3.8) is 0 Å². The molecule has 0 aliphatic rings. The summed E-state index contributed by atoms with van der Waals surface area (Å²) < 4.78 is 5.75. The monoisotopic (exact) mass is 513 g/mol.